The molecule has 0 bridgehead atoms. The summed E-state index contributed by atoms with van der Waals surface area (Å²) in [4.78, 5) is 36.7. The van der Waals surface area contributed by atoms with E-state index in [1.54, 1.807) is 26.2 Å². The van der Waals surface area contributed by atoms with Crippen molar-refractivity contribution in [3.63, 3.8) is 0 Å². The molecule has 1 rings (SSSR count). The van der Waals surface area contributed by atoms with Crippen LogP contribution in [0.1, 0.15) is 45.6 Å². The zero-order chi connectivity index (χ0) is 24.6. The minimum Gasteiger partial charge on any atom is -0.369 e. The molecular weight excluding hydrogens is 418 g/mol. The van der Waals surface area contributed by atoms with Gasteiger partial charge in [-0.3, -0.25) is 9.59 Å². The molecule has 3 N–H and O–H groups in total. The first kappa shape index (κ1) is 27.9. The minimum atomic E-state index is -0.549. The van der Waals surface area contributed by atoms with Crippen LogP contribution in [0.3, 0.4) is 0 Å². The molecule has 0 fully saturated rings. The number of hydrogen-bond donors (Lipinski definition) is 3. The number of carbonyl (C=O) groups is 2. The fourth-order valence-corrected chi connectivity index (χ4v) is 2.64. The van der Waals surface area contributed by atoms with Gasteiger partial charge in [0.05, 0.1) is 11.8 Å². The molecular formula is C24H39N7O2. The first-order valence-corrected chi connectivity index (χ1v) is 11.5. The number of likely N-dealkylation sites (N-methyl/N-ethyl adjacent to an activating group) is 2. The predicted molar refractivity (Wildman–Crippen MR) is 134 cm³/mol. The minimum absolute atomic E-state index is 0.182. The third-order valence-electron chi connectivity index (χ3n) is 4.71. The van der Waals surface area contributed by atoms with Crippen molar-refractivity contribution in [3.8, 4) is 11.8 Å². The number of amides is 2. The summed E-state index contributed by atoms with van der Waals surface area (Å²) in [7, 11) is 5.48. The van der Waals surface area contributed by atoms with Gasteiger partial charge < -0.3 is 25.8 Å². The Bertz CT molecular complexity index is 843. The highest BCUT2D eigenvalue weighted by atomic mass is 16.2. The topological polar surface area (TPSA) is 102 Å². The second-order valence-corrected chi connectivity index (χ2v) is 7.90. The van der Waals surface area contributed by atoms with Gasteiger partial charge in [-0.05, 0) is 40.8 Å². The van der Waals surface area contributed by atoms with Gasteiger partial charge in [-0.15, -0.1) is 0 Å². The van der Waals surface area contributed by atoms with Crippen molar-refractivity contribution < 1.29 is 9.59 Å². The number of nitrogens with one attached hydrogen (secondary N) is 3. The molecule has 2 amide bonds. The van der Waals surface area contributed by atoms with Gasteiger partial charge in [0.1, 0.15) is 11.9 Å². The van der Waals surface area contributed by atoms with E-state index in [1.165, 1.54) is 11.0 Å². The summed E-state index contributed by atoms with van der Waals surface area (Å²) in [5.41, 5.74) is 0.755. The Morgan fingerprint density at radius 2 is 1.94 bits per heavy atom. The number of carbonyl (C=O) groups excluding carboxylic acids is 2. The van der Waals surface area contributed by atoms with Crippen molar-refractivity contribution in [2.45, 2.75) is 46.1 Å². The number of nitrogens with zero attached hydrogens (tertiary/aromatic N) is 4. The van der Waals surface area contributed by atoms with Gasteiger partial charge in [0, 0.05) is 45.7 Å². The fraction of sp³-hybridized carbons (Fsp3) is 0.583. The Morgan fingerprint density at radius 1 is 1.18 bits per heavy atom. The molecule has 0 aliphatic heterocycles. The van der Waals surface area contributed by atoms with Crippen LogP contribution in [-0.4, -0.2) is 84.9 Å². The Hall–Kier alpha value is -3.12. The lowest BCUT2D eigenvalue weighted by molar-refractivity contribution is -0.135. The van der Waals surface area contributed by atoms with E-state index in [-0.39, 0.29) is 11.8 Å². The highest BCUT2D eigenvalue weighted by Gasteiger charge is 2.20. The van der Waals surface area contributed by atoms with Crippen molar-refractivity contribution in [2.24, 2.45) is 0 Å². The molecule has 0 saturated heterocycles. The van der Waals surface area contributed by atoms with E-state index < -0.39 is 6.04 Å². The highest BCUT2D eigenvalue weighted by molar-refractivity contribution is 5.92. The van der Waals surface area contributed by atoms with Crippen molar-refractivity contribution in [3.05, 3.63) is 23.9 Å². The van der Waals surface area contributed by atoms with Crippen molar-refractivity contribution in [1.29, 1.82) is 0 Å². The summed E-state index contributed by atoms with van der Waals surface area (Å²) in [6.07, 6.45) is 7.32. The van der Waals surface area contributed by atoms with Gasteiger partial charge in [-0.2, -0.15) is 4.98 Å². The monoisotopic (exact) mass is 457 g/mol. The lowest BCUT2D eigenvalue weighted by Crippen LogP contribution is -2.45. The van der Waals surface area contributed by atoms with Gasteiger partial charge in [-0.25, -0.2) is 4.98 Å². The molecule has 9 nitrogen and oxygen atoms in total. The molecule has 0 spiro atoms. The number of hydrogen-bond acceptors (Lipinski definition) is 7. The maximum atomic E-state index is 12.4. The second kappa shape index (κ2) is 15.6. The third kappa shape index (κ3) is 10.8. The molecule has 33 heavy (non-hydrogen) atoms. The highest BCUT2D eigenvalue weighted by Crippen LogP contribution is 2.13. The van der Waals surface area contributed by atoms with Crippen LogP contribution in [0.2, 0.25) is 0 Å². The van der Waals surface area contributed by atoms with E-state index in [2.05, 4.69) is 44.7 Å². The Balaban J connectivity index is 2.50. The van der Waals surface area contributed by atoms with Crippen LogP contribution in [0, 0.1) is 11.8 Å². The van der Waals surface area contributed by atoms with Crippen LogP contribution in [0.4, 0.5) is 11.8 Å². The lowest BCUT2D eigenvalue weighted by Gasteiger charge is -2.23. The number of rotatable bonds is 13. The molecule has 182 valence electrons. The van der Waals surface area contributed by atoms with Crippen molar-refractivity contribution in [2.75, 3.05) is 58.0 Å². The normalized spacial score (nSPS) is 11.6. The molecule has 0 aromatic carbocycles. The molecule has 1 heterocycles. The van der Waals surface area contributed by atoms with E-state index in [9.17, 15) is 9.59 Å². The smallest absolute Gasteiger partial charge is 0.246 e. The molecule has 9 heteroatoms. The van der Waals surface area contributed by atoms with Gasteiger partial charge >= 0.3 is 0 Å². The van der Waals surface area contributed by atoms with Crippen LogP contribution in [0.15, 0.2) is 18.3 Å². The number of unbranched alkanes of at least 4 members (excludes halogenated alkanes) is 1. The molecule has 1 aromatic heterocycles. The van der Waals surface area contributed by atoms with E-state index in [0.29, 0.717) is 31.9 Å². The van der Waals surface area contributed by atoms with E-state index in [4.69, 9.17) is 0 Å². The van der Waals surface area contributed by atoms with Crippen LogP contribution in [0.25, 0.3) is 0 Å². The van der Waals surface area contributed by atoms with Gasteiger partial charge in [-0.1, -0.05) is 24.8 Å². The molecule has 0 radical (unpaired) electrons. The molecule has 0 aliphatic carbocycles. The lowest BCUT2D eigenvalue weighted by atomic mass is 10.2. The average Bonchev–Trinajstić information content (AvgIpc) is 2.79. The summed E-state index contributed by atoms with van der Waals surface area (Å²) in [5, 5.41) is 9.27. The van der Waals surface area contributed by atoms with Crippen LogP contribution < -0.4 is 16.0 Å². The number of anilines is 2. The summed E-state index contributed by atoms with van der Waals surface area (Å²) >= 11 is 0. The zero-order valence-corrected chi connectivity index (χ0v) is 20.9. The SMILES string of the molecule is CCCNc1nc(NCC)ncc1C#CCCCNC(=O)[C@H](C)N(C)C(=O)C=CCN(C)C. The quantitative estimate of drug-likeness (QED) is 0.236. The van der Waals surface area contributed by atoms with Gasteiger partial charge in [0.15, 0.2) is 0 Å². The molecule has 1 atom stereocenters. The van der Waals surface area contributed by atoms with Crippen molar-refractivity contribution in [1.82, 2.24) is 25.1 Å². The summed E-state index contributed by atoms with van der Waals surface area (Å²) in [6.45, 7) is 8.53. The first-order chi connectivity index (χ1) is 15.8. The Kier molecular flexibility index (Phi) is 13.2. The maximum absolute atomic E-state index is 12.4. The van der Waals surface area contributed by atoms with Crippen LogP contribution >= 0.6 is 0 Å². The average molecular weight is 458 g/mol. The Morgan fingerprint density at radius 3 is 2.61 bits per heavy atom. The largest absolute Gasteiger partial charge is 0.369 e. The third-order valence-corrected chi connectivity index (χ3v) is 4.71. The molecule has 0 saturated carbocycles. The van der Waals surface area contributed by atoms with E-state index in [1.807, 2.05) is 25.9 Å². The first-order valence-electron chi connectivity index (χ1n) is 11.5. The predicted octanol–water partition coefficient (Wildman–Crippen LogP) is 1.94. The summed E-state index contributed by atoms with van der Waals surface area (Å²) in [5.74, 6) is 7.18. The zero-order valence-electron chi connectivity index (χ0n) is 20.9. The van der Waals surface area contributed by atoms with Gasteiger partial charge in [0.25, 0.3) is 0 Å². The second-order valence-electron chi connectivity index (χ2n) is 7.90. The summed E-state index contributed by atoms with van der Waals surface area (Å²) < 4.78 is 0. The summed E-state index contributed by atoms with van der Waals surface area (Å²) in [6, 6.07) is -0.549. The maximum Gasteiger partial charge on any atom is 0.246 e. The van der Waals surface area contributed by atoms with Crippen LogP contribution in [0.5, 0.6) is 0 Å². The standard InChI is InChI=1S/C24H39N7O2/c1-7-15-26-22-20(18-28-24(29-22)25-8-2)13-10-9-11-16-27-23(33)19(3)31(6)21(32)14-12-17-30(4)5/h12,14,18-19H,7-9,11,15-17H2,1-6H3,(H,27,33)(H2,25,26,28,29)/t19-/m0/s1. The molecule has 1 aromatic rings. The Labute approximate surface area is 198 Å². The molecule has 0 aliphatic rings. The molecule has 0 unspecified atom stereocenters. The number of aromatic nitrogens is 2. The van der Waals surface area contributed by atoms with E-state index in [0.717, 1.165) is 30.9 Å². The van der Waals surface area contributed by atoms with Crippen molar-refractivity contribution >= 4 is 23.6 Å². The van der Waals surface area contributed by atoms with E-state index >= 15 is 0 Å². The van der Waals surface area contributed by atoms with Gasteiger partial charge in [0.2, 0.25) is 17.8 Å². The van der Waals surface area contributed by atoms with Crippen LogP contribution in [-0.2, 0) is 9.59 Å². The fourth-order valence-electron chi connectivity index (χ4n) is 2.64.